The summed E-state index contributed by atoms with van der Waals surface area (Å²) in [7, 11) is 0. The van der Waals surface area contributed by atoms with E-state index in [9.17, 15) is 14.3 Å². The summed E-state index contributed by atoms with van der Waals surface area (Å²) < 4.78 is 13.1. The summed E-state index contributed by atoms with van der Waals surface area (Å²) in [6, 6.07) is 7.99. The van der Waals surface area contributed by atoms with Crippen LogP contribution in [0.4, 0.5) is 15.9 Å². The monoisotopic (exact) mass is 431 g/mol. The molecule has 7 nitrogen and oxygen atoms in total. The molecule has 30 heavy (non-hydrogen) atoms. The first-order chi connectivity index (χ1) is 14.1. The summed E-state index contributed by atoms with van der Waals surface area (Å²) in [6.07, 6.45) is 2.12. The Morgan fingerprint density at radius 3 is 2.67 bits per heavy atom. The molecule has 4 N–H and O–H groups in total. The van der Waals surface area contributed by atoms with Gasteiger partial charge in [0, 0.05) is 6.04 Å². The van der Waals surface area contributed by atoms with Crippen LogP contribution in [0, 0.1) is 11.2 Å². The number of aromatic nitrogens is 1. The van der Waals surface area contributed by atoms with Gasteiger partial charge >= 0.3 is 0 Å². The van der Waals surface area contributed by atoms with Crippen LogP contribution in [0.1, 0.15) is 38.7 Å². The van der Waals surface area contributed by atoms with Gasteiger partial charge in [-0.05, 0) is 50.5 Å². The van der Waals surface area contributed by atoms with Crippen molar-refractivity contribution in [1.82, 2.24) is 15.2 Å². The van der Waals surface area contributed by atoms with Crippen LogP contribution in [0.3, 0.4) is 0 Å². The largest absolute Gasteiger partial charge is 0.390 e. The molecule has 2 aromatic rings. The van der Waals surface area contributed by atoms with Gasteiger partial charge in [0.05, 0.1) is 34.5 Å². The number of nitrogens with zero attached hydrogens (tertiary/aromatic N) is 2. The van der Waals surface area contributed by atoms with Crippen molar-refractivity contribution in [2.75, 3.05) is 5.32 Å². The van der Waals surface area contributed by atoms with Crippen LogP contribution < -0.4 is 10.6 Å². The highest BCUT2D eigenvalue weighted by Crippen LogP contribution is 2.41. The average molecular weight is 432 g/mol. The van der Waals surface area contributed by atoms with Gasteiger partial charge < -0.3 is 15.7 Å². The predicted molar refractivity (Wildman–Crippen MR) is 112 cm³/mol. The first-order valence-corrected chi connectivity index (χ1v) is 10.0. The van der Waals surface area contributed by atoms with Crippen molar-refractivity contribution in [2.24, 2.45) is 0 Å². The van der Waals surface area contributed by atoms with Crippen molar-refractivity contribution in [1.29, 1.82) is 5.41 Å². The normalized spacial score (nSPS) is 28.7. The van der Waals surface area contributed by atoms with E-state index in [0.717, 1.165) is 6.20 Å². The van der Waals surface area contributed by atoms with Gasteiger partial charge in [0.2, 0.25) is 5.91 Å². The van der Waals surface area contributed by atoms with E-state index in [2.05, 4.69) is 15.6 Å². The fraction of sp³-hybridized carbons (Fsp3) is 0.381. The molecule has 158 valence electrons. The van der Waals surface area contributed by atoms with Crippen LogP contribution in [0.15, 0.2) is 36.5 Å². The Morgan fingerprint density at radius 1 is 1.33 bits per heavy atom. The van der Waals surface area contributed by atoms with Gasteiger partial charge in [-0.15, -0.1) is 0 Å². The maximum atomic E-state index is 13.1. The number of aliphatic hydroxyl groups is 1. The molecule has 0 bridgehead atoms. The second kappa shape index (κ2) is 7.21. The molecule has 1 aromatic heterocycles. The minimum absolute atomic E-state index is 0.00359. The zero-order valence-corrected chi connectivity index (χ0v) is 17.4. The lowest BCUT2D eigenvalue weighted by atomic mass is 9.75. The summed E-state index contributed by atoms with van der Waals surface area (Å²) in [5.74, 6) is -0.182. The molecule has 0 unspecified atom stereocenters. The van der Waals surface area contributed by atoms with Crippen molar-refractivity contribution >= 4 is 35.0 Å². The Balaban J connectivity index is 1.57. The molecule has 2 aliphatic rings. The summed E-state index contributed by atoms with van der Waals surface area (Å²) >= 11 is 6.65. The zero-order chi connectivity index (χ0) is 21.7. The molecule has 4 rings (SSSR count). The SMILES string of the molecule is C[C@@]1(c2cccc(Nc3ccc(F)cn3)c2Cl)CC(=O)N([C@H]2C[C@@](C)(O)C2)C(=N)N1. The minimum atomic E-state index is -0.873. The van der Waals surface area contributed by atoms with Crippen LogP contribution in [-0.4, -0.2) is 38.5 Å². The standard InChI is InChI=1S/C21H23ClFN5O2/c1-20(30)8-13(9-20)28-17(29)10-21(2,27-19(28)24)14-4-3-5-15(18(14)22)26-16-7-6-12(23)11-25-16/h3-7,11,13,30H,8-10H2,1-2H3,(H2,24,27)(H,25,26)/t13-,20+,21-/m0/s1. The average Bonchev–Trinajstić information content (AvgIpc) is 2.63. The van der Waals surface area contributed by atoms with Crippen LogP contribution in [0.2, 0.25) is 5.02 Å². The number of anilines is 2. The van der Waals surface area contributed by atoms with Crippen LogP contribution >= 0.6 is 11.6 Å². The fourth-order valence-electron chi connectivity index (χ4n) is 4.21. The number of halogens is 2. The van der Waals surface area contributed by atoms with E-state index >= 15 is 0 Å². The van der Waals surface area contributed by atoms with Gasteiger partial charge in [-0.2, -0.15) is 0 Å². The predicted octanol–water partition coefficient (Wildman–Crippen LogP) is 3.50. The second-order valence-electron chi connectivity index (χ2n) is 8.46. The third-order valence-corrected chi connectivity index (χ3v) is 6.12. The van der Waals surface area contributed by atoms with Crippen LogP contribution in [0.5, 0.6) is 0 Å². The van der Waals surface area contributed by atoms with Crippen molar-refractivity contribution in [2.45, 2.75) is 50.3 Å². The first-order valence-electron chi connectivity index (χ1n) is 9.67. The lowest BCUT2D eigenvalue weighted by molar-refractivity contribution is -0.139. The van der Waals surface area contributed by atoms with Gasteiger partial charge in [-0.25, -0.2) is 9.37 Å². The third kappa shape index (κ3) is 3.73. The first kappa shape index (κ1) is 20.6. The highest BCUT2D eigenvalue weighted by atomic mass is 35.5. The number of hydrogen-bond acceptors (Lipinski definition) is 5. The summed E-state index contributed by atoms with van der Waals surface area (Å²) in [4.78, 5) is 18.3. The van der Waals surface area contributed by atoms with E-state index in [1.54, 1.807) is 19.1 Å². The number of carbonyl (C=O) groups is 1. The number of nitrogens with one attached hydrogen (secondary N) is 3. The Kier molecular flexibility index (Phi) is 4.94. The summed E-state index contributed by atoms with van der Waals surface area (Å²) in [6.45, 7) is 3.56. The highest BCUT2D eigenvalue weighted by Gasteiger charge is 2.49. The molecule has 1 atom stereocenters. The maximum Gasteiger partial charge on any atom is 0.232 e. The molecular formula is C21H23ClFN5O2. The Morgan fingerprint density at radius 2 is 2.07 bits per heavy atom. The lowest BCUT2D eigenvalue weighted by Crippen LogP contribution is -2.66. The molecule has 2 fully saturated rings. The van der Waals surface area contributed by atoms with E-state index in [1.165, 1.54) is 17.0 Å². The van der Waals surface area contributed by atoms with E-state index in [1.807, 2.05) is 13.0 Å². The second-order valence-corrected chi connectivity index (χ2v) is 8.84. The Bertz CT molecular complexity index is 985. The number of amides is 1. The van der Waals surface area contributed by atoms with Crippen LogP contribution in [0.25, 0.3) is 0 Å². The summed E-state index contributed by atoms with van der Waals surface area (Å²) in [5.41, 5.74) is -0.437. The van der Waals surface area contributed by atoms with E-state index in [-0.39, 0.29) is 24.3 Å². The molecule has 1 aromatic carbocycles. The molecular weight excluding hydrogens is 409 g/mol. The summed E-state index contributed by atoms with van der Waals surface area (Å²) in [5, 5.41) is 25.0. The molecule has 1 saturated carbocycles. The smallest absolute Gasteiger partial charge is 0.232 e. The van der Waals surface area contributed by atoms with Gasteiger partial charge in [-0.3, -0.25) is 15.1 Å². The number of pyridine rings is 1. The lowest BCUT2D eigenvalue weighted by Gasteiger charge is -2.50. The Hall–Kier alpha value is -2.71. The van der Waals surface area contributed by atoms with Gasteiger partial charge in [0.15, 0.2) is 5.96 Å². The van der Waals surface area contributed by atoms with Gasteiger partial charge in [-0.1, -0.05) is 23.7 Å². The van der Waals surface area contributed by atoms with E-state index < -0.39 is 17.0 Å². The molecule has 0 radical (unpaired) electrons. The third-order valence-electron chi connectivity index (χ3n) is 5.71. The number of benzene rings is 1. The number of hydrogen-bond donors (Lipinski definition) is 4. The van der Waals surface area contributed by atoms with Crippen molar-refractivity contribution < 1.29 is 14.3 Å². The van der Waals surface area contributed by atoms with Crippen LogP contribution in [-0.2, 0) is 10.3 Å². The quantitative estimate of drug-likeness (QED) is 0.593. The van der Waals surface area contributed by atoms with Gasteiger partial charge in [0.1, 0.15) is 11.6 Å². The Labute approximate surface area is 178 Å². The molecule has 1 saturated heterocycles. The fourth-order valence-corrected chi connectivity index (χ4v) is 4.59. The molecule has 9 heteroatoms. The maximum absolute atomic E-state index is 13.1. The minimum Gasteiger partial charge on any atom is -0.390 e. The molecule has 1 amide bonds. The van der Waals surface area contributed by atoms with E-state index in [4.69, 9.17) is 17.0 Å². The highest BCUT2D eigenvalue weighted by molar-refractivity contribution is 6.34. The molecule has 0 spiro atoms. The molecule has 2 heterocycles. The zero-order valence-electron chi connectivity index (χ0n) is 16.7. The topological polar surface area (TPSA) is 101 Å². The number of carbonyl (C=O) groups excluding carboxylic acids is 1. The molecule has 1 aliphatic heterocycles. The van der Waals surface area contributed by atoms with Crippen molar-refractivity contribution in [3.63, 3.8) is 0 Å². The van der Waals surface area contributed by atoms with Crippen molar-refractivity contribution in [3.05, 3.63) is 52.9 Å². The number of rotatable bonds is 4. The molecule has 1 aliphatic carbocycles. The van der Waals surface area contributed by atoms with Crippen molar-refractivity contribution in [3.8, 4) is 0 Å². The van der Waals surface area contributed by atoms with E-state index in [0.29, 0.717) is 34.9 Å². The van der Waals surface area contributed by atoms with Gasteiger partial charge in [0.25, 0.3) is 0 Å². The number of guanidine groups is 1.